The summed E-state index contributed by atoms with van der Waals surface area (Å²) in [4.78, 5) is 4.70. The van der Waals surface area contributed by atoms with Crippen LogP contribution in [0.5, 0.6) is 0 Å². The molecule has 1 heterocycles. The maximum absolute atomic E-state index is 4.70. The smallest absolute Gasteiger partial charge is 0.0440 e. The Kier molecular flexibility index (Phi) is 2.58. The monoisotopic (exact) mass is 189 g/mol. The minimum absolute atomic E-state index is 0.626. The molecule has 1 aromatic heterocycles. The molecule has 0 amide bonds. The normalized spacial score (nSPS) is 16.3. The van der Waals surface area contributed by atoms with Crippen LogP contribution in [0, 0.1) is 0 Å². The van der Waals surface area contributed by atoms with Gasteiger partial charge in [0.15, 0.2) is 0 Å². The van der Waals surface area contributed by atoms with E-state index in [1.165, 1.54) is 29.8 Å². The highest BCUT2D eigenvalue weighted by atomic mass is 14.7. The molecular formula is C13H19N. The van der Waals surface area contributed by atoms with E-state index in [1.54, 1.807) is 0 Å². The number of rotatable bonds is 3. The topological polar surface area (TPSA) is 12.9 Å². The van der Waals surface area contributed by atoms with Crippen LogP contribution in [0.4, 0.5) is 0 Å². The molecule has 1 heteroatoms. The van der Waals surface area contributed by atoms with Gasteiger partial charge < -0.3 is 0 Å². The van der Waals surface area contributed by atoms with Crippen molar-refractivity contribution in [3.05, 3.63) is 29.1 Å². The summed E-state index contributed by atoms with van der Waals surface area (Å²) in [6, 6.07) is 4.57. The van der Waals surface area contributed by atoms with Crippen molar-refractivity contribution in [2.24, 2.45) is 0 Å². The average molecular weight is 189 g/mol. The van der Waals surface area contributed by atoms with E-state index in [1.807, 2.05) is 0 Å². The lowest BCUT2D eigenvalue weighted by Gasteiger charge is -2.09. The summed E-state index contributed by atoms with van der Waals surface area (Å²) in [5.74, 6) is 1.40. The van der Waals surface area contributed by atoms with Crippen LogP contribution in [-0.2, 0) is 6.42 Å². The molecule has 1 fully saturated rings. The Hall–Kier alpha value is -0.850. The minimum atomic E-state index is 0.626. The van der Waals surface area contributed by atoms with Gasteiger partial charge in [-0.1, -0.05) is 20.8 Å². The first-order valence-electron chi connectivity index (χ1n) is 5.71. The van der Waals surface area contributed by atoms with Gasteiger partial charge in [0.25, 0.3) is 0 Å². The van der Waals surface area contributed by atoms with Crippen LogP contribution in [0.3, 0.4) is 0 Å². The molecule has 0 saturated heterocycles. The lowest BCUT2D eigenvalue weighted by atomic mass is 10.0. The van der Waals surface area contributed by atoms with Gasteiger partial charge in [-0.15, -0.1) is 0 Å². The zero-order chi connectivity index (χ0) is 10.1. The summed E-state index contributed by atoms with van der Waals surface area (Å²) < 4.78 is 0. The van der Waals surface area contributed by atoms with E-state index in [0.717, 1.165) is 12.3 Å². The Labute approximate surface area is 86.6 Å². The molecule has 1 nitrogen and oxygen atoms in total. The van der Waals surface area contributed by atoms with Crippen molar-refractivity contribution in [3.63, 3.8) is 0 Å². The van der Waals surface area contributed by atoms with Crippen molar-refractivity contribution < 1.29 is 0 Å². The van der Waals surface area contributed by atoms with Crippen molar-refractivity contribution in [1.82, 2.24) is 4.98 Å². The molecule has 0 radical (unpaired) electrons. The van der Waals surface area contributed by atoms with E-state index in [9.17, 15) is 0 Å². The van der Waals surface area contributed by atoms with E-state index in [4.69, 9.17) is 4.98 Å². The second-order valence-corrected chi connectivity index (χ2v) is 4.60. The third-order valence-corrected chi connectivity index (χ3v) is 2.95. The molecule has 0 unspecified atom stereocenters. The van der Waals surface area contributed by atoms with E-state index >= 15 is 0 Å². The SMILES string of the molecule is CCc1cc(C(C)C)cc(C2CC2)n1. The Morgan fingerprint density at radius 1 is 1.36 bits per heavy atom. The molecule has 76 valence electrons. The third kappa shape index (κ3) is 1.97. The summed E-state index contributed by atoms with van der Waals surface area (Å²) in [6.07, 6.45) is 3.75. The predicted molar refractivity (Wildman–Crippen MR) is 59.7 cm³/mol. The molecule has 0 atom stereocenters. The fourth-order valence-corrected chi connectivity index (χ4v) is 1.74. The van der Waals surface area contributed by atoms with Gasteiger partial charge in [-0.3, -0.25) is 4.98 Å². The number of aryl methyl sites for hydroxylation is 1. The number of hydrogen-bond donors (Lipinski definition) is 0. The van der Waals surface area contributed by atoms with Gasteiger partial charge in [0.05, 0.1) is 0 Å². The maximum Gasteiger partial charge on any atom is 0.0440 e. The first kappa shape index (κ1) is 9.70. The molecule has 0 bridgehead atoms. The zero-order valence-corrected chi connectivity index (χ0v) is 9.38. The lowest BCUT2D eigenvalue weighted by Crippen LogP contribution is -1.98. The number of hydrogen-bond acceptors (Lipinski definition) is 1. The van der Waals surface area contributed by atoms with Crippen molar-refractivity contribution in [1.29, 1.82) is 0 Å². The summed E-state index contributed by atoms with van der Waals surface area (Å²) in [5, 5.41) is 0. The van der Waals surface area contributed by atoms with E-state index in [-0.39, 0.29) is 0 Å². The van der Waals surface area contributed by atoms with Crippen LogP contribution in [0.15, 0.2) is 12.1 Å². The fourth-order valence-electron chi connectivity index (χ4n) is 1.74. The minimum Gasteiger partial charge on any atom is -0.258 e. The van der Waals surface area contributed by atoms with E-state index < -0.39 is 0 Å². The molecule has 1 aliphatic rings. The highest BCUT2D eigenvalue weighted by Gasteiger charge is 2.25. The zero-order valence-electron chi connectivity index (χ0n) is 9.38. The van der Waals surface area contributed by atoms with Gasteiger partial charge in [0.2, 0.25) is 0 Å². The summed E-state index contributed by atoms with van der Waals surface area (Å²) in [5.41, 5.74) is 4.06. The summed E-state index contributed by atoms with van der Waals surface area (Å²) in [7, 11) is 0. The number of pyridine rings is 1. The molecule has 1 saturated carbocycles. The average Bonchev–Trinajstić information content (AvgIpc) is 3.00. The van der Waals surface area contributed by atoms with Crippen LogP contribution in [0.25, 0.3) is 0 Å². The van der Waals surface area contributed by atoms with Gasteiger partial charge in [0, 0.05) is 17.3 Å². The standard InChI is InChI=1S/C13H19N/c1-4-12-7-11(9(2)3)8-13(14-12)10-5-6-10/h7-10H,4-6H2,1-3H3. The maximum atomic E-state index is 4.70. The second kappa shape index (κ2) is 3.72. The molecule has 0 spiro atoms. The molecular weight excluding hydrogens is 170 g/mol. The summed E-state index contributed by atoms with van der Waals surface area (Å²) >= 11 is 0. The van der Waals surface area contributed by atoms with Gasteiger partial charge in [-0.25, -0.2) is 0 Å². The molecule has 1 aromatic rings. The van der Waals surface area contributed by atoms with E-state index in [0.29, 0.717) is 5.92 Å². The molecule has 0 N–H and O–H groups in total. The fraction of sp³-hybridized carbons (Fsp3) is 0.615. The molecule has 14 heavy (non-hydrogen) atoms. The first-order valence-corrected chi connectivity index (χ1v) is 5.71. The number of aromatic nitrogens is 1. The van der Waals surface area contributed by atoms with Gasteiger partial charge in [0.1, 0.15) is 0 Å². The Morgan fingerprint density at radius 3 is 2.57 bits per heavy atom. The highest BCUT2D eigenvalue weighted by molar-refractivity contribution is 5.28. The summed E-state index contributed by atoms with van der Waals surface area (Å²) in [6.45, 7) is 6.69. The van der Waals surface area contributed by atoms with Gasteiger partial charge in [-0.2, -0.15) is 0 Å². The van der Waals surface area contributed by atoms with Crippen molar-refractivity contribution >= 4 is 0 Å². The van der Waals surface area contributed by atoms with Crippen molar-refractivity contribution in [3.8, 4) is 0 Å². The van der Waals surface area contributed by atoms with Crippen LogP contribution in [0.2, 0.25) is 0 Å². The van der Waals surface area contributed by atoms with Crippen molar-refractivity contribution in [2.75, 3.05) is 0 Å². The second-order valence-electron chi connectivity index (χ2n) is 4.60. The van der Waals surface area contributed by atoms with Crippen LogP contribution in [-0.4, -0.2) is 4.98 Å². The Bertz CT molecular complexity index is 304. The quantitative estimate of drug-likeness (QED) is 0.707. The number of nitrogens with zero attached hydrogens (tertiary/aromatic N) is 1. The van der Waals surface area contributed by atoms with Crippen molar-refractivity contribution in [2.45, 2.75) is 51.9 Å². The van der Waals surface area contributed by atoms with Crippen LogP contribution >= 0.6 is 0 Å². The lowest BCUT2D eigenvalue weighted by molar-refractivity contribution is 0.837. The predicted octanol–water partition coefficient (Wildman–Crippen LogP) is 3.64. The molecule has 0 aromatic carbocycles. The van der Waals surface area contributed by atoms with E-state index in [2.05, 4.69) is 32.9 Å². The molecule has 1 aliphatic carbocycles. The molecule has 0 aliphatic heterocycles. The van der Waals surface area contributed by atoms with Crippen LogP contribution < -0.4 is 0 Å². The first-order chi connectivity index (χ1) is 6.70. The van der Waals surface area contributed by atoms with Gasteiger partial charge in [-0.05, 0) is 42.9 Å². The molecule has 2 rings (SSSR count). The van der Waals surface area contributed by atoms with Crippen LogP contribution in [0.1, 0.15) is 62.4 Å². The third-order valence-electron chi connectivity index (χ3n) is 2.95. The Morgan fingerprint density at radius 2 is 2.07 bits per heavy atom. The Balaban J connectivity index is 2.35. The largest absolute Gasteiger partial charge is 0.258 e. The van der Waals surface area contributed by atoms with Gasteiger partial charge >= 0.3 is 0 Å². The highest BCUT2D eigenvalue weighted by Crippen LogP contribution is 2.39.